The summed E-state index contributed by atoms with van der Waals surface area (Å²) in [7, 11) is 0. The largest absolute Gasteiger partial charge is 0.339 e. The predicted octanol–water partition coefficient (Wildman–Crippen LogP) is 1.54. The van der Waals surface area contributed by atoms with Gasteiger partial charge in [-0.2, -0.15) is 10.5 Å². The second-order valence-electron chi connectivity index (χ2n) is 8.32. The Bertz CT molecular complexity index is 887. The topological polar surface area (TPSA) is 96.9 Å². The van der Waals surface area contributed by atoms with Gasteiger partial charge in [0.15, 0.2) is 11.4 Å². The van der Waals surface area contributed by atoms with Crippen molar-refractivity contribution in [3.8, 4) is 12.1 Å². The number of piperazine rings is 1. The quantitative estimate of drug-likeness (QED) is 0.790. The summed E-state index contributed by atoms with van der Waals surface area (Å²) >= 11 is 0. The normalized spacial score (nSPS) is 28.5. The van der Waals surface area contributed by atoms with Crippen molar-refractivity contribution in [3.05, 3.63) is 22.8 Å². The Balaban J connectivity index is 1.80. The fourth-order valence-corrected chi connectivity index (χ4v) is 5.43. The van der Waals surface area contributed by atoms with Crippen LogP contribution in [0.1, 0.15) is 62.3 Å². The molecule has 0 N–H and O–H groups in total. The fraction of sp³-hybridized carbons (Fsp3) is 0.650. The van der Waals surface area contributed by atoms with E-state index in [1.54, 1.807) is 0 Å². The van der Waals surface area contributed by atoms with Gasteiger partial charge >= 0.3 is 0 Å². The van der Waals surface area contributed by atoms with E-state index in [0.29, 0.717) is 5.69 Å². The third-order valence-electron chi connectivity index (χ3n) is 7.12. The fourth-order valence-electron chi connectivity index (χ4n) is 5.43. The molecule has 2 heterocycles. The average molecular weight is 364 g/mol. The van der Waals surface area contributed by atoms with Crippen molar-refractivity contribution in [1.82, 2.24) is 19.8 Å². The van der Waals surface area contributed by atoms with Crippen LogP contribution in [0.2, 0.25) is 0 Å². The molecule has 0 radical (unpaired) electrons. The van der Waals surface area contributed by atoms with E-state index < -0.39 is 5.41 Å². The van der Waals surface area contributed by atoms with Crippen LogP contribution in [0, 0.1) is 28.1 Å². The van der Waals surface area contributed by atoms with Gasteiger partial charge in [0, 0.05) is 32.1 Å². The van der Waals surface area contributed by atoms with Crippen molar-refractivity contribution in [3.63, 3.8) is 0 Å². The van der Waals surface area contributed by atoms with Gasteiger partial charge in [0.05, 0.1) is 16.8 Å². The zero-order chi connectivity index (χ0) is 19.4. The second-order valence-corrected chi connectivity index (χ2v) is 8.32. The summed E-state index contributed by atoms with van der Waals surface area (Å²) in [5, 5.41) is 18.7. The lowest BCUT2D eigenvalue weighted by atomic mass is 9.67. The zero-order valence-electron chi connectivity index (χ0n) is 16.1. The number of rotatable bonds is 2. The molecular weight excluding hydrogens is 340 g/mol. The number of hydrogen-bond donors (Lipinski definition) is 0. The van der Waals surface area contributed by atoms with Crippen LogP contribution in [0.5, 0.6) is 0 Å². The van der Waals surface area contributed by atoms with Gasteiger partial charge < -0.3 is 9.80 Å². The molecule has 4 rings (SSSR count). The van der Waals surface area contributed by atoms with E-state index in [-0.39, 0.29) is 28.6 Å². The summed E-state index contributed by atoms with van der Waals surface area (Å²) in [4.78, 5) is 27.1. The second kappa shape index (κ2) is 6.00. The molecule has 1 aromatic heterocycles. The molecule has 1 saturated carbocycles. The lowest BCUT2D eigenvalue weighted by molar-refractivity contribution is -0.142. The first-order chi connectivity index (χ1) is 12.9. The van der Waals surface area contributed by atoms with Crippen molar-refractivity contribution in [1.29, 1.82) is 10.5 Å². The molecule has 7 nitrogen and oxygen atoms in total. The summed E-state index contributed by atoms with van der Waals surface area (Å²) in [6, 6.07) is 3.97. The van der Waals surface area contributed by atoms with Crippen LogP contribution >= 0.6 is 0 Å². The molecule has 2 aliphatic carbocycles. The lowest BCUT2D eigenvalue weighted by Gasteiger charge is -2.43. The summed E-state index contributed by atoms with van der Waals surface area (Å²) < 4.78 is 0. The molecule has 0 aromatic carbocycles. The summed E-state index contributed by atoms with van der Waals surface area (Å²) in [5.41, 5.74) is 0.425. The molecule has 1 aromatic rings. The summed E-state index contributed by atoms with van der Waals surface area (Å²) in [6.07, 6.45) is 1.60. The Hall–Kier alpha value is -2.51. The molecule has 27 heavy (non-hydrogen) atoms. The number of aromatic nitrogens is 2. The first-order valence-corrected chi connectivity index (χ1v) is 9.65. The van der Waals surface area contributed by atoms with Gasteiger partial charge in [-0.25, -0.2) is 9.97 Å². The number of nitrogens with zero attached hydrogens (tertiary/aromatic N) is 6. The Kier molecular flexibility index (Phi) is 3.98. The van der Waals surface area contributed by atoms with E-state index in [9.17, 15) is 15.3 Å². The van der Waals surface area contributed by atoms with Crippen molar-refractivity contribution in [2.75, 3.05) is 32.7 Å². The third kappa shape index (κ3) is 2.18. The Morgan fingerprint density at radius 1 is 1.15 bits per heavy atom. The molecule has 140 valence electrons. The maximum Gasteiger partial charge on any atom is 0.235 e. The predicted molar refractivity (Wildman–Crippen MR) is 97.6 cm³/mol. The Morgan fingerprint density at radius 3 is 2.37 bits per heavy atom. The van der Waals surface area contributed by atoms with E-state index in [1.165, 1.54) is 0 Å². The molecule has 3 aliphatic rings. The number of nitriles is 2. The minimum Gasteiger partial charge on any atom is -0.339 e. The van der Waals surface area contributed by atoms with Crippen LogP contribution in [-0.4, -0.2) is 58.4 Å². The van der Waals surface area contributed by atoms with E-state index in [0.717, 1.165) is 51.3 Å². The van der Waals surface area contributed by atoms with Crippen molar-refractivity contribution in [2.45, 2.75) is 44.9 Å². The number of carbonyl (C=O) groups is 1. The molecule has 2 bridgehead atoms. The average Bonchev–Trinajstić information content (AvgIpc) is 3.07. The van der Waals surface area contributed by atoms with Gasteiger partial charge in [-0.05, 0) is 24.8 Å². The number of amides is 1. The highest BCUT2D eigenvalue weighted by molar-refractivity contribution is 5.91. The highest BCUT2D eigenvalue weighted by Gasteiger charge is 2.68. The van der Waals surface area contributed by atoms with Gasteiger partial charge in [0.25, 0.3) is 0 Å². The van der Waals surface area contributed by atoms with Gasteiger partial charge in [-0.1, -0.05) is 20.8 Å². The summed E-state index contributed by atoms with van der Waals surface area (Å²) in [6.45, 7) is 10.6. The molecule has 2 atom stereocenters. The number of fused-ring (bicyclic) bond motifs is 5. The lowest BCUT2D eigenvalue weighted by Crippen LogP contribution is -2.57. The van der Waals surface area contributed by atoms with E-state index >= 15 is 0 Å². The maximum atomic E-state index is 13.8. The minimum atomic E-state index is -0.742. The first kappa shape index (κ1) is 17.9. The molecule has 2 unspecified atom stereocenters. The zero-order valence-corrected chi connectivity index (χ0v) is 16.1. The molecule has 1 amide bonds. The van der Waals surface area contributed by atoms with Gasteiger partial charge in [-0.3, -0.25) is 4.79 Å². The van der Waals surface area contributed by atoms with E-state index in [2.05, 4.69) is 35.6 Å². The van der Waals surface area contributed by atoms with Crippen molar-refractivity contribution in [2.24, 2.45) is 5.41 Å². The van der Waals surface area contributed by atoms with Crippen molar-refractivity contribution < 1.29 is 4.79 Å². The molecule has 1 saturated heterocycles. The van der Waals surface area contributed by atoms with Crippen LogP contribution < -0.4 is 0 Å². The number of likely N-dealkylation sites (N-methyl/N-ethyl adjacent to an activating group) is 1. The number of hydrogen-bond acceptors (Lipinski definition) is 6. The monoisotopic (exact) mass is 364 g/mol. The van der Waals surface area contributed by atoms with Crippen LogP contribution in [0.4, 0.5) is 0 Å². The van der Waals surface area contributed by atoms with E-state index in [4.69, 9.17) is 0 Å². The van der Waals surface area contributed by atoms with Crippen LogP contribution in [0.3, 0.4) is 0 Å². The SMILES string of the molecule is CCN1CCN(C(=O)C23CCC(c4nc(C#N)c(C#N)nc42)C3(C)C)CC1. The number of carbonyl (C=O) groups excluding carboxylic acids is 1. The Labute approximate surface area is 159 Å². The van der Waals surface area contributed by atoms with Crippen LogP contribution in [0.25, 0.3) is 0 Å². The molecule has 1 aliphatic heterocycles. The molecular formula is C20H24N6O. The standard InChI is InChI=1S/C20H24N6O/c1-4-25-7-9-26(10-8-25)18(27)20-6-5-13(19(20,2)3)16-17(20)24-15(12-22)14(11-21)23-16/h13H,4-10H2,1-3H3. The smallest absolute Gasteiger partial charge is 0.235 e. The van der Waals surface area contributed by atoms with Crippen LogP contribution in [-0.2, 0) is 10.2 Å². The van der Waals surface area contributed by atoms with Gasteiger partial charge in [0.1, 0.15) is 12.1 Å². The molecule has 7 heteroatoms. The highest BCUT2D eigenvalue weighted by atomic mass is 16.2. The third-order valence-corrected chi connectivity index (χ3v) is 7.12. The molecule has 0 spiro atoms. The maximum absolute atomic E-state index is 13.8. The Morgan fingerprint density at radius 2 is 1.78 bits per heavy atom. The van der Waals surface area contributed by atoms with E-state index in [1.807, 2.05) is 17.0 Å². The van der Waals surface area contributed by atoms with Gasteiger partial charge in [0.2, 0.25) is 5.91 Å². The van der Waals surface area contributed by atoms with Gasteiger partial charge in [-0.15, -0.1) is 0 Å². The molecule has 2 fully saturated rings. The highest BCUT2D eigenvalue weighted by Crippen LogP contribution is 2.67. The first-order valence-electron chi connectivity index (χ1n) is 9.65. The minimum absolute atomic E-state index is 0.0302. The summed E-state index contributed by atoms with van der Waals surface area (Å²) in [5.74, 6) is 0.216. The van der Waals surface area contributed by atoms with Crippen LogP contribution in [0.15, 0.2) is 0 Å². The van der Waals surface area contributed by atoms with Crippen molar-refractivity contribution >= 4 is 5.91 Å².